The van der Waals surface area contributed by atoms with Crippen LogP contribution in [0, 0.1) is 11.8 Å². The largest absolute Gasteiger partial charge is 0.444 e. The maximum absolute atomic E-state index is 12.1. The van der Waals surface area contributed by atoms with Gasteiger partial charge in [0.05, 0.1) is 0 Å². The van der Waals surface area contributed by atoms with E-state index in [-0.39, 0.29) is 6.09 Å². The standard InChI is InChI=1S/C17H22Br2N2O2/c1-17(2,3)23-16(22)21-8-11-12(9-21)15(11)20-7-10-4-5-13(18)14(19)6-10/h4-6,11-12,15,20H,7-9H2,1-3H3. The summed E-state index contributed by atoms with van der Waals surface area (Å²) in [6, 6.07) is 6.82. The third-order valence-corrected chi connectivity index (χ3v) is 6.25. The van der Waals surface area contributed by atoms with Crippen molar-refractivity contribution in [2.24, 2.45) is 11.8 Å². The van der Waals surface area contributed by atoms with E-state index < -0.39 is 5.60 Å². The monoisotopic (exact) mass is 444 g/mol. The van der Waals surface area contributed by atoms with Crippen LogP contribution in [-0.2, 0) is 11.3 Å². The summed E-state index contributed by atoms with van der Waals surface area (Å²) in [7, 11) is 0. The van der Waals surface area contributed by atoms with Crippen molar-refractivity contribution < 1.29 is 9.53 Å². The number of carbonyl (C=O) groups is 1. The van der Waals surface area contributed by atoms with Gasteiger partial charge in [-0.2, -0.15) is 0 Å². The molecule has 1 saturated carbocycles. The first-order valence-corrected chi connectivity index (χ1v) is 9.48. The molecule has 0 radical (unpaired) electrons. The number of carbonyl (C=O) groups excluding carboxylic acids is 1. The van der Waals surface area contributed by atoms with E-state index >= 15 is 0 Å². The lowest BCUT2D eigenvalue weighted by molar-refractivity contribution is 0.0269. The lowest BCUT2D eigenvalue weighted by Gasteiger charge is -2.26. The molecule has 2 aliphatic rings. The second kappa shape index (κ2) is 6.37. The smallest absolute Gasteiger partial charge is 0.410 e. The molecule has 1 amide bonds. The first-order chi connectivity index (χ1) is 10.7. The molecule has 0 aromatic heterocycles. The molecule has 0 bridgehead atoms. The average Bonchev–Trinajstić information content (AvgIpc) is 2.89. The molecule has 126 valence electrons. The van der Waals surface area contributed by atoms with Crippen LogP contribution < -0.4 is 5.32 Å². The van der Waals surface area contributed by atoms with Gasteiger partial charge in [-0.1, -0.05) is 6.07 Å². The van der Waals surface area contributed by atoms with Crippen LogP contribution in [0.5, 0.6) is 0 Å². The van der Waals surface area contributed by atoms with Gasteiger partial charge in [0, 0.05) is 34.6 Å². The molecule has 1 aromatic rings. The molecular weight excluding hydrogens is 424 g/mol. The molecule has 6 heteroatoms. The van der Waals surface area contributed by atoms with Gasteiger partial charge in [-0.15, -0.1) is 0 Å². The lowest BCUT2D eigenvalue weighted by Crippen LogP contribution is -2.39. The summed E-state index contributed by atoms with van der Waals surface area (Å²) in [5, 5.41) is 3.61. The van der Waals surface area contributed by atoms with E-state index in [4.69, 9.17) is 4.74 Å². The number of ether oxygens (including phenoxy) is 1. The Labute approximate surface area is 154 Å². The van der Waals surface area contributed by atoms with Crippen molar-refractivity contribution in [2.75, 3.05) is 13.1 Å². The fourth-order valence-electron chi connectivity index (χ4n) is 3.19. The summed E-state index contributed by atoms with van der Waals surface area (Å²) in [6.07, 6.45) is -0.180. The number of fused-ring (bicyclic) bond motifs is 1. The Bertz CT molecular complexity index is 603. The summed E-state index contributed by atoms with van der Waals surface area (Å²) in [5.41, 5.74) is 0.838. The van der Waals surface area contributed by atoms with E-state index in [0.29, 0.717) is 17.9 Å². The van der Waals surface area contributed by atoms with E-state index in [1.54, 1.807) is 0 Å². The Morgan fingerprint density at radius 3 is 2.48 bits per heavy atom. The first kappa shape index (κ1) is 17.2. The predicted octanol–water partition coefficient (Wildman–Crippen LogP) is 4.17. The Morgan fingerprint density at radius 1 is 1.26 bits per heavy atom. The normalized spacial score (nSPS) is 26.1. The zero-order chi connectivity index (χ0) is 16.8. The molecule has 1 aliphatic heterocycles. The number of halogens is 2. The number of nitrogens with zero attached hydrogens (tertiary/aromatic N) is 1. The van der Waals surface area contributed by atoms with Crippen molar-refractivity contribution in [2.45, 2.75) is 39.0 Å². The van der Waals surface area contributed by atoms with Crippen LogP contribution in [-0.4, -0.2) is 35.7 Å². The summed E-state index contributed by atoms with van der Waals surface area (Å²) >= 11 is 7.02. The number of likely N-dealkylation sites (tertiary alicyclic amines) is 1. The zero-order valence-corrected chi connectivity index (χ0v) is 16.8. The number of benzene rings is 1. The van der Waals surface area contributed by atoms with Crippen LogP contribution in [0.3, 0.4) is 0 Å². The molecule has 2 atom stereocenters. The maximum atomic E-state index is 12.1. The second-order valence-electron chi connectivity index (χ2n) is 7.37. The average molecular weight is 446 g/mol. The molecule has 2 fully saturated rings. The minimum absolute atomic E-state index is 0.180. The molecule has 1 heterocycles. The van der Waals surface area contributed by atoms with Crippen LogP contribution in [0.15, 0.2) is 27.1 Å². The lowest BCUT2D eigenvalue weighted by atomic mass is 10.2. The van der Waals surface area contributed by atoms with Crippen molar-refractivity contribution >= 4 is 38.0 Å². The Hall–Kier alpha value is -0.590. The highest BCUT2D eigenvalue weighted by Crippen LogP contribution is 2.46. The van der Waals surface area contributed by atoms with Gasteiger partial charge in [0.25, 0.3) is 0 Å². The summed E-state index contributed by atoms with van der Waals surface area (Å²) < 4.78 is 7.58. The quantitative estimate of drug-likeness (QED) is 0.759. The van der Waals surface area contributed by atoms with E-state index in [9.17, 15) is 4.79 Å². The van der Waals surface area contributed by atoms with Crippen LogP contribution in [0.2, 0.25) is 0 Å². The molecule has 4 nitrogen and oxygen atoms in total. The summed E-state index contributed by atoms with van der Waals surface area (Å²) in [5.74, 6) is 1.14. The SMILES string of the molecule is CC(C)(C)OC(=O)N1CC2C(C1)C2NCc1ccc(Br)c(Br)c1. The van der Waals surface area contributed by atoms with Gasteiger partial charge < -0.3 is 15.0 Å². The number of nitrogens with one attached hydrogen (secondary N) is 1. The Kier molecular flexibility index (Phi) is 4.78. The van der Waals surface area contributed by atoms with E-state index in [1.165, 1.54) is 5.56 Å². The van der Waals surface area contributed by atoms with Crippen LogP contribution >= 0.6 is 31.9 Å². The molecular formula is C17H22Br2N2O2. The molecule has 0 spiro atoms. The third kappa shape index (κ3) is 4.09. The number of amides is 1. The van der Waals surface area contributed by atoms with Crippen molar-refractivity contribution in [3.63, 3.8) is 0 Å². The second-order valence-corrected chi connectivity index (χ2v) is 9.08. The van der Waals surface area contributed by atoms with E-state index in [1.807, 2.05) is 25.7 Å². The van der Waals surface area contributed by atoms with Gasteiger partial charge in [-0.25, -0.2) is 4.79 Å². The Morgan fingerprint density at radius 2 is 1.91 bits per heavy atom. The molecule has 1 aliphatic carbocycles. The zero-order valence-electron chi connectivity index (χ0n) is 13.6. The van der Waals surface area contributed by atoms with Gasteiger partial charge >= 0.3 is 6.09 Å². The van der Waals surface area contributed by atoms with Gasteiger partial charge in [-0.3, -0.25) is 0 Å². The fraction of sp³-hybridized carbons (Fsp3) is 0.588. The van der Waals surface area contributed by atoms with Gasteiger partial charge in [0.1, 0.15) is 5.60 Å². The third-order valence-electron chi connectivity index (χ3n) is 4.37. The van der Waals surface area contributed by atoms with Gasteiger partial charge in [0.2, 0.25) is 0 Å². The van der Waals surface area contributed by atoms with Gasteiger partial charge in [0.15, 0.2) is 0 Å². The number of rotatable bonds is 3. The summed E-state index contributed by atoms with van der Waals surface area (Å²) in [4.78, 5) is 13.9. The van der Waals surface area contributed by atoms with Crippen molar-refractivity contribution in [1.82, 2.24) is 10.2 Å². The molecule has 1 saturated heterocycles. The molecule has 2 unspecified atom stereocenters. The highest BCUT2D eigenvalue weighted by molar-refractivity contribution is 9.13. The first-order valence-electron chi connectivity index (χ1n) is 7.90. The van der Waals surface area contributed by atoms with E-state index in [0.717, 1.165) is 28.6 Å². The minimum atomic E-state index is -0.420. The number of hydrogen-bond acceptors (Lipinski definition) is 3. The van der Waals surface area contributed by atoms with Crippen molar-refractivity contribution in [1.29, 1.82) is 0 Å². The maximum Gasteiger partial charge on any atom is 0.410 e. The molecule has 1 N–H and O–H groups in total. The molecule has 23 heavy (non-hydrogen) atoms. The number of piperidine rings is 1. The Balaban J connectivity index is 1.45. The topological polar surface area (TPSA) is 41.6 Å². The van der Waals surface area contributed by atoms with Crippen LogP contribution in [0.25, 0.3) is 0 Å². The number of hydrogen-bond donors (Lipinski definition) is 1. The van der Waals surface area contributed by atoms with Crippen LogP contribution in [0.4, 0.5) is 4.79 Å². The molecule has 1 aromatic carbocycles. The highest BCUT2D eigenvalue weighted by Gasteiger charge is 2.56. The molecule has 3 rings (SSSR count). The van der Waals surface area contributed by atoms with Gasteiger partial charge in [-0.05, 0) is 82.2 Å². The van der Waals surface area contributed by atoms with E-state index in [2.05, 4.69) is 55.4 Å². The predicted molar refractivity (Wildman–Crippen MR) is 97.3 cm³/mol. The highest BCUT2D eigenvalue weighted by atomic mass is 79.9. The summed E-state index contributed by atoms with van der Waals surface area (Å²) in [6.45, 7) is 8.19. The minimum Gasteiger partial charge on any atom is -0.444 e. The fourth-order valence-corrected chi connectivity index (χ4v) is 3.86. The van der Waals surface area contributed by atoms with Crippen molar-refractivity contribution in [3.8, 4) is 0 Å². The van der Waals surface area contributed by atoms with Crippen LogP contribution in [0.1, 0.15) is 26.3 Å². The van der Waals surface area contributed by atoms with Crippen molar-refractivity contribution in [3.05, 3.63) is 32.7 Å².